The van der Waals surface area contributed by atoms with Gasteiger partial charge in [-0.05, 0) is 31.5 Å². The van der Waals surface area contributed by atoms with Gasteiger partial charge in [-0.2, -0.15) is 0 Å². The summed E-state index contributed by atoms with van der Waals surface area (Å²) in [6, 6.07) is 4.98. The van der Waals surface area contributed by atoms with Crippen LogP contribution in [0.4, 0.5) is 5.69 Å². The molecule has 6 nitrogen and oxygen atoms in total. The van der Waals surface area contributed by atoms with Gasteiger partial charge in [0.15, 0.2) is 5.75 Å². The second-order valence-electron chi connectivity index (χ2n) is 4.55. The van der Waals surface area contributed by atoms with Crippen LogP contribution in [0, 0.1) is 10.1 Å². The summed E-state index contributed by atoms with van der Waals surface area (Å²) >= 11 is 0. The lowest BCUT2D eigenvalue weighted by molar-refractivity contribution is -0.385. The summed E-state index contributed by atoms with van der Waals surface area (Å²) < 4.78 is 10.6. The molecule has 1 N–H and O–H groups in total. The van der Waals surface area contributed by atoms with Crippen molar-refractivity contribution in [2.75, 3.05) is 20.3 Å². The molecule has 19 heavy (non-hydrogen) atoms. The number of nitro groups is 1. The standard InChI is InChI=1S/C13H18N2O4/c1-18-13-6-5-11(8-12(13)15(16)17)19-9-10-4-2-3-7-14-10/h5-6,8,10,14H,2-4,7,9H2,1H3. The number of nitrogens with zero attached hydrogens (tertiary/aromatic N) is 1. The molecule has 0 aliphatic carbocycles. The van der Waals surface area contributed by atoms with E-state index < -0.39 is 4.92 Å². The maximum absolute atomic E-state index is 10.9. The number of ether oxygens (including phenoxy) is 2. The van der Waals surface area contributed by atoms with Gasteiger partial charge in [-0.15, -0.1) is 0 Å². The van der Waals surface area contributed by atoms with Crippen LogP contribution in [0.5, 0.6) is 11.5 Å². The molecule has 0 bridgehead atoms. The Kier molecular flexibility index (Phi) is 4.57. The van der Waals surface area contributed by atoms with Gasteiger partial charge < -0.3 is 14.8 Å². The van der Waals surface area contributed by atoms with E-state index in [1.807, 2.05) is 0 Å². The van der Waals surface area contributed by atoms with Gasteiger partial charge in [0.05, 0.1) is 18.1 Å². The van der Waals surface area contributed by atoms with E-state index in [2.05, 4.69) is 5.32 Å². The molecular formula is C13H18N2O4. The highest BCUT2D eigenvalue weighted by molar-refractivity contribution is 5.50. The van der Waals surface area contributed by atoms with Crippen molar-refractivity contribution in [1.29, 1.82) is 0 Å². The zero-order valence-electron chi connectivity index (χ0n) is 10.9. The fourth-order valence-electron chi connectivity index (χ4n) is 2.17. The number of nitrogens with one attached hydrogen (secondary N) is 1. The lowest BCUT2D eigenvalue weighted by atomic mass is 10.1. The van der Waals surface area contributed by atoms with Crippen molar-refractivity contribution in [3.05, 3.63) is 28.3 Å². The summed E-state index contributed by atoms with van der Waals surface area (Å²) in [5.41, 5.74) is -0.0726. The SMILES string of the molecule is COc1ccc(OCC2CCCCN2)cc1[N+](=O)[O-]. The Morgan fingerprint density at radius 3 is 2.95 bits per heavy atom. The topological polar surface area (TPSA) is 73.6 Å². The highest BCUT2D eigenvalue weighted by Crippen LogP contribution is 2.30. The molecule has 1 atom stereocenters. The molecule has 1 aliphatic heterocycles. The first-order valence-electron chi connectivity index (χ1n) is 6.39. The molecule has 1 aliphatic rings. The minimum Gasteiger partial charge on any atom is -0.492 e. The molecule has 0 radical (unpaired) electrons. The molecular weight excluding hydrogens is 248 g/mol. The molecule has 1 saturated heterocycles. The highest BCUT2D eigenvalue weighted by atomic mass is 16.6. The zero-order chi connectivity index (χ0) is 13.7. The number of piperidine rings is 1. The third-order valence-electron chi connectivity index (χ3n) is 3.21. The summed E-state index contributed by atoms with van der Waals surface area (Å²) in [6.45, 7) is 1.54. The van der Waals surface area contributed by atoms with Crippen molar-refractivity contribution in [3.63, 3.8) is 0 Å². The predicted octanol–water partition coefficient (Wildman–Crippen LogP) is 2.12. The van der Waals surface area contributed by atoms with Crippen LogP contribution in [-0.2, 0) is 0 Å². The van der Waals surface area contributed by atoms with Gasteiger partial charge in [0, 0.05) is 6.04 Å². The van der Waals surface area contributed by atoms with Crippen molar-refractivity contribution in [2.45, 2.75) is 25.3 Å². The average molecular weight is 266 g/mol. The number of methoxy groups -OCH3 is 1. The predicted molar refractivity (Wildman–Crippen MR) is 70.8 cm³/mol. The smallest absolute Gasteiger partial charge is 0.314 e. The molecule has 0 spiro atoms. The molecule has 0 amide bonds. The van der Waals surface area contributed by atoms with E-state index >= 15 is 0 Å². The molecule has 2 rings (SSSR count). The fraction of sp³-hybridized carbons (Fsp3) is 0.538. The summed E-state index contributed by atoms with van der Waals surface area (Å²) in [7, 11) is 1.41. The Hall–Kier alpha value is -1.82. The number of hydrogen-bond donors (Lipinski definition) is 1. The lowest BCUT2D eigenvalue weighted by Crippen LogP contribution is -2.38. The van der Waals surface area contributed by atoms with Gasteiger partial charge in [-0.25, -0.2) is 0 Å². The van der Waals surface area contributed by atoms with Crippen LogP contribution in [0.25, 0.3) is 0 Å². The van der Waals surface area contributed by atoms with E-state index in [-0.39, 0.29) is 11.4 Å². The highest BCUT2D eigenvalue weighted by Gasteiger charge is 2.17. The Morgan fingerprint density at radius 2 is 2.32 bits per heavy atom. The van der Waals surface area contributed by atoms with Crippen LogP contribution in [0.15, 0.2) is 18.2 Å². The molecule has 104 valence electrons. The van der Waals surface area contributed by atoms with E-state index in [0.717, 1.165) is 13.0 Å². The van der Waals surface area contributed by atoms with Gasteiger partial charge >= 0.3 is 5.69 Å². The number of rotatable bonds is 5. The molecule has 0 aromatic heterocycles. The van der Waals surface area contributed by atoms with Gasteiger partial charge in [0.2, 0.25) is 0 Å². The quantitative estimate of drug-likeness (QED) is 0.652. The summed E-state index contributed by atoms with van der Waals surface area (Å²) in [5, 5.41) is 14.3. The molecule has 1 aromatic rings. The third kappa shape index (κ3) is 3.57. The number of benzene rings is 1. The summed E-state index contributed by atoms with van der Waals surface area (Å²) in [5.74, 6) is 0.744. The Bertz CT molecular complexity index is 444. The first-order valence-corrected chi connectivity index (χ1v) is 6.39. The summed E-state index contributed by atoms with van der Waals surface area (Å²) in [4.78, 5) is 10.4. The third-order valence-corrected chi connectivity index (χ3v) is 3.21. The molecule has 1 aromatic carbocycles. The first kappa shape index (κ1) is 13.6. The number of nitro benzene ring substituents is 1. The van der Waals surface area contributed by atoms with Crippen LogP contribution in [0.1, 0.15) is 19.3 Å². The minimum atomic E-state index is -0.468. The first-order chi connectivity index (χ1) is 9.20. The largest absolute Gasteiger partial charge is 0.492 e. The van der Waals surface area contributed by atoms with Gasteiger partial charge in [-0.3, -0.25) is 10.1 Å². The summed E-state index contributed by atoms with van der Waals surface area (Å²) in [6.07, 6.45) is 3.48. The average Bonchev–Trinajstić information content (AvgIpc) is 2.46. The van der Waals surface area contributed by atoms with Crippen LogP contribution in [0.3, 0.4) is 0 Å². The van der Waals surface area contributed by atoms with Gasteiger partial charge in [0.1, 0.15) is 12.4 Å². The molecule has 1 heterocycles. The molecule has 1 fully saturated rings. The zero-order valence-corrected chi connectivity index (χ0v) is 10.9. The van der Waals surface area contributed by atoms with Crippen molar-refractivity contribution in [3.8, 4) is 11.5 Å². The van der Waals surface area contributed by atoms with Crippen molar-refractivity contribution >= 4 is 5.69 Å². The lowest BCUT2D eigenvalue weighted by Gasteiger charge is -2.23. The maximum atomic E-state index is 10.9. The van der Waals surface area contributed by atoms with Crippen molar-refractivity contribution < 1.29 is 14.4 Å². The molecule has 6 heteroatoms. The maximum Gasteiger partial charge on any atom is 0.314 e. The van der Waals surface area contributed by atoms with E-state index in [9.17, 15) is 10.1 Å². The van der Waals surface area contributed by atoms with Gasteiger partial charge in [-0.1, -0.05) is 6.42 Å². The van der Waals surface area contributed by atoms with E-state index in [1.165, 1.54) is 26.0 Å². The number of hydrogen-bond acceptors (Lipinski definition) is 5. The molecule has 1 unspecified atom stereocenters. The van der Waals surface area contributed by atoms with Crippen LogP contribution < -0.4 is 14.8 Å². The van der Waals surface area contributed by atoms with E-state index in [4.69, 9.17) is 9.47 Å². The van der Waals surface area contributed by atoms with Crippen LogP contribution >= 0.6 is 0 Å². The Balaban J connectivity index is 2.00. The monoisotopic (exact) mass is 266 g/mol. The van der Waals surface area contributed by atoms with E-state index in [1.54, 1.807) is 12.1 Å². The second kappa shape index (κ2) is 6.38. The molecule has 0 saturated carbocycles. The minimum absolute atomic E-state index is 0.0726. The van der Waals surface area contributed by atoms with Crippen molar-refractivity contribution in [2.24, 2.45) is 0 Å². The van der Waals surface area contributed by atoms with Crippen molar-refractivity contribution in [1.82, 2.24) is 5.32 Å². The van der Waals surface area contributed by atoms with E-state index in [0.29, 0.717) is 18.4 Å². The normalized spacial score (nSPS) is 18.9. The second-order valence-corrected chi connectivity index (χ2v) is 4.55. The van der Waals surface area contributed by atoms with Gasteiger partial charge in [0.25, 0.3) is 0 Å². The van der Waals surface area contributed by atoms with Crippen LogP contribution in [-0.4, -0.2) is 31.2 Å². The van der Waals surface area contributed by atoms with Crippen LogP contribution in [0.2, 0.25) is 0 Å². The Morgan fingerprint density at radius 1 is 1.47 bits per heavy atom. The Labute approximate surface area is 111 Å². The fourth-order valence-corrected chi connectivity index (χ4v) is 2.17.